The number of nitrogens with one attached hydrogen (secondary N) is 3. The fourth-order valence-electron chi connectivity index (χ4n) is 4.54. The van der Waals surface area contributed by atoms with Crippen LogP contribution in [0.25, 0.3) is 0 Å². The van der Waals surface area contributed by atoms with Gasteiger partial charge in [0.05, 0.1) is 20.3 Å². The number of benzene rings is 1. The molecule has 0 bridgehead atoms. The van der Waals surface area contributed by atoms with Crippen molar-refractivity contribution >= 4 is 35.8 Å². The summed E-state index contributed by atoms with van der Waals surface area (Å²) in [5.41, 5.74) is 0.770. The number of carbonyl (C=O) groups excluding carboxylic acids is 1. The predicted octanol–water partition coefficient (Wildman–Crippen LogP) is 2.24. The number of hydrogen-bond donors (Lipinski definition) is 3. The number of guanidine groups is 1. The number of nitrogens with zero attached hydrogens (tertiary/aromatic N) is 2. The van der Waals surface area contributed by atoms with Gasteiger partial charge in [0.25, 0.3) is 5.91 Å². The quantitative estimate of drug-likeness (QED) is 0.196. The molecule has 0 atom stereocenters. The van der Waals surface area contributed by atoms with Crippen LogP contribution in [0.1, 0.15) is 42.5 Å². The Bertz CT molecular complexity index is 734. The van der Waals surface area contributed by atoms with Crippen LogP contribution in [0.3, 0.4) is 0 Å². The molecule has 0 spiro atoms. The molecule has 0 unspecified atom stereocenters. The molecule has 1 saturated carbocycles. The lowest BCUT2D eigenvalue weighted by molar-refractivity contribution is -0.0352. The fraction of sp³-hybridized carbons (Fsp3) is 0.652. The second kappa shape index (κ2) is 13.8. The third-order valence-electron chi connectivity index (χ3n) is 6.31. The van der Waals surface area contributed by atoms with Gasteiger partial charge in [-0.1, -0.05) is 25.3 Å². The lowest BCUT2D eigenvalue weighted by atomic mass is 9.80. The van der Waals surface area contributed by atoms with Crippen molar-refractivity contribution in [2.45, 2.75) is 37.6 Å². The first-order valence-electron chi connectivity index (χ1n) is 11.4. The van der Waals surface area contributed by atoms with E-state index < -0.39 is 0 Å². The van der Waals surface area contributed by atoms with E-state index >= 15 is 0 Å². The zero-order valence-corrected chi connectivity index (χ0v) is 21.7. The van der Waals surface area contributed by atoms with Gasteiger partial charge in [-0.15, -0.1) is 24.0 Å². The lowest BCUT2D eigenvalue weighted by Crippen LogP contribution is -2.60. The van der Waals surface area contributed by atoms with Gasteiger partial charge >= 0.3 is 0 Å². The number of methoxy groups -OCH3 is 1. The van der Waals surface area contributed by atoms with Crippen LogP contribution in [0.5, 0.6) is 5.75 Å². The van der Waals surface area contributed by atoms with Gasteiger partial charge in [0.1, 0.15) is 5.75 Å². The minimum absolute atomic E-state index is 0. The first-order chi connectivity index (χ1) is 15.2. The van der Waals surface area contributed by atoms with Crippen molar-refractivity contribution < 1.29 is 14.3 Å². The minimum Gasteiger partial charge on any atom is -0.497 e. The largest absolute Gasteiger partial charge is 0.497 e. The highest BCUT2D eigenvalue weighted by atomic mass is 127. The van der Waals surface area contributed by atoms with Crippen molar-refractivity contribution in [1.29, 1.82) is 0 Å². The molecule has 1 aliphatic heterocycles. The molecule has 2 aliphatic rings. The fourth-order valence-corrected chi connectivity index (χ4v) is 4.54. The molecule has 1 heterocycles. The normalized spacial score (nSPS) is 18.9. The Labute approximate surface area is 208 Å². The molecule has 1 saturated heterocycles. The van der Waals surface area contributed by atoms with E-state index in [1.54, 1.807) is 26.3 Å². The van der Waals surface area contributed by atoms with Gasteiger partial charge in [-0.3, -0.25) is 14.7 Å². The summed E-state index contributed by atoms with van der Waals surface area (Å²) in [7, 11) is 3.38. The first-order valence-corrected chi connectivity index (χ1v) is 11.4. The van der Waals surface area contributed by atoms with Crippen molar-refractivity contribution in [3.8, 4) is 5.75 Å². The van der Waals surface area contributed by atoms with E-state index in [9.17, 15) is 4.79 Å². The molecule has 8 nitrogen and oxygen atoms in total. The van der Waals surface area contributed by atoms with Gasteiger partial charge in [-0.25, -0.2) is 0 Å². The summed E-state index contributed by atoms with van der Waals surface area (Å²) < 4.78 is 10.8. The standard InChI is InChI=1S/C23H37N5O3.HI/c1-24-22(26-12-11-25-21(29)19-7-6-8-20(17-19)30-2)27-18-23(9-4-3-5-10-23)28-13-15-31-16-14-28;/h6-8,17H,3-5,9-16,18H2,1-2H3,(H,25,29)(H2,24,26,27);1H. The number of amides is 1. The maximum atomic E-state index is 12.3. The highest BCUT2D eigenvalue weighted by Crippen LogP contribution is 2.33. The van der Waals surface area contributed by atoms with Crippen molar-refractivity contribution in [2.75, 3.05) is 60.1 Å². The van der Waals surface area contributed by atoms with E-state index in [1.165, 1.54) is 32.1 Å². The number of halogens is 1. The zero-order valence-electron chi connectivity index (χ0n) is 19.3. The number of morpholine rings is 1. The monoisotopic (exact) mass is 559 g/mol. The van der Waals surface area contributed by atoms with Crippen LogP contribution >= 0.6 is 24.0 Å². The van der Waals surface area contributed by atoms with Gasteiger partial charge in [0.15, 0.2) is 5.96 Å². The molecule has 9 heteroatoms. The van der Waals surface area contributed by atoms with Crippen molar-refractivity contribution in [3.05, 3.63) is 29.8 Å². The summed E-state index contributed by atoms with van der Waals surface area (Å²) in [4.78, 5) is 19.3. The van der Waals surface area contributed by atoms with Crippen LogP contribution in [0.4, 0.5) is 0 Å². The minimum atomic E-state index is -0.114. The molecule has 180 valence electrons. The number of hydrogen-bond acceptors (Lipinski definition) is 5. The summed E-state index contributed by atoms with van der Waals surface area (Å²) in [5.74, 6) is 1.33. The number of rotatable bonds is 8. The van der Waals surface area contributed by atoms with Crippen molar-refractivity contribution in [1.82, 2.24) is 20.9 Å². The zero-order chi connectivity index (χ0) is 21.9. The summed E-state index contributed by atoms with van der Waals surface area (Å²) in [5, 5.41) is 9.79. The van der Waals surface area contributed by atoms with E-state index in [2.05, 4.69) is 25.8 Å². The summed E-state index contributed by atoms with van der Waals surface area (Å²) in [6, 6.07) is 7.15. The lowest BCUT2D eigenvalue weighted by Gasteiger charge is -2.48. The third kappa shape index (κ3) is 7.48. The predicted molar refractivity (Wildman–Crippen MR) is 138 cm³/mol. The molecule has 1 aliphatic carbocycles. The molecule has 3 N–H and O–H groups in total. The molecule has 0 radical (unpaired) electrons. The van der Waals surface area contributed by atoms with Gasteiger partial charge in [0.2, 0.25) is 0 Å². The maximum absolute atomic E-state index is 12.3. The molecular weight excluding hydrogens is 521 g/mol. The molecule has 32 heavy (non-hydrogen) atoms. The van der Waals surface area contributed by atoms with Gasteiger partial charge in [-0.05, 0) is 31.0 Å². The molecule has 3 rings (SSSR count). The van der Waals surface area contributed by atoms with E-state index in [0.29, 0.717) is 24.4 Å². The molecule has 0 aromatic heterocycles. The van der Waals surface area contributed by atoms with Gasteiger partial charge < -0.3 is 25.4 Å². The van der Waals surface area contributed by atoms with Gasteiger partial charge in [-0.2, -0.15) is 0 Å². The van der Waals surface area contributed by atoms with E-state index in [4.69, 9.17) is 9.47 Å². The topological polar surface area (TPSA) is 87.2 Å². The Hall–Kier alpha value is -1.59. The van der Waals surface area contributed by atoms with Crippen molar-refractivity contribution in [2.24, 2.45) is 4.99 Å². The Balaban J connectivity index is 0.00000363. The second-order valence-electron chi connectivity index (χ2n) is 8.22. The summed E-state index contributed by atoms with van der Waals surface area (Å²) >= 11 is 0. The van der Waals surface area contributed by atoms with E-state index in [0.717, 1.165) is 38.8 Å². The second-order valence-corrected chi connectivity index (χ2v) is 8.22. The van der Waals surface area contributed by atoms with Crippen LogP contribution in [0, 0.1) is 0 Å². The van der Waals surface area contributed by atoms with Crippen molar-refractivity contribution in [3.63, 3.8) is 0 Å². The van der Waals surface area contributed by atoms with E-state index in [1.807, 2.05) is 12.1 Å². The first kappa shape index (κ1) is 26.7. The molecule has 1 aromatic rings. The smallest absolute Gasteiger partial charge is 0.251 e. The third-order valence-corrected chi connectivity index (χ3v) is 6.31. The van der Waals surface area contributed by atoms with Crippen LogP contribution in [0.2, 0.25) is 0 Å². The number of ether oxygens (including phenoxy) is 2. The average Bonchev–Trinajstić information content (AvgIpc) is 2.84. The molecule has 2 fully saturated rings. The highest BCUT2D eigenvalue weighted by Gasteiger charge is 2.38. The molecular formula is C23H38IN5O3. The summed E-state index contributed by atoms with van der Waals surface area (Å²) in [6.07, 6.45) is 6.32. The van der Waals surface area contributed by atoms with Crippen LogP contribution in [-0.2, 0) is 4.74 Å². The number of aliphatic imine (C=N–C) groups is 1. The Morgan fingerprint density at radius 2 is 1.84 bits per heavy atom. The molecule has 1 amide bonds. The Morgan fingerprint density at radius 1 is 1.12 bits per heavy atom. The molecule has 1 aromatic carbocycles. The SMILES string of the molecule is CN=C(NCCNC(=O)c1cccc(OC)c1)NCC1(N2CCOCC2)CCCCC1.I. The average molecular weight is 559 g/mol. The van der Waals surface area contributed by atoms with Gasteiger partial charge in [0, 0.05) is 50.9 Å². The Kier molecular flexibility index (Phi) is 11.5. The Morgan fingerprint density at radius 3 is 2.53 bits per heavy atom. The summed E-state index contributed by atoms with van der Waals surface area (Å²) in [6.45, 7) is 5.63. The van der Waals surface area contributed by atoms with Crippen LogP contribution < -0.4 is 20.7 Å². The maximum Gasteiger partial charge on any atom is 0.251 e. The number of carbonyl (C=O) groups is 1. The van der Waals surface area contributed by atoms with Crippen LogP contribution in [-0.4, -0.2) is 82.4 Å². The highest BCUT2D eigenvalue weighted by molar-refractivity contribution is 14.0. The van der Waals surface area contributed by atoms with Crippen LogP contribution in [0.15, 0.2) is 29.3 Å². The van der Waals surface area contributed by atoms with E-state index in [-0.39, 0.29) is 35.4 Å².